The summed E-state index contributed by atoms with van der Waals surface area (Å²) in [6, 6.07) is 19.3. The van der Waals surface area contributed by atoms with Gasteiger partial charge in [0.1, 0.15) is 5.75 Å². The minimum Gasteiger partial charge on any atom is -0.507 e. The Balaban J connectivity index is 1.60. The highest BCUT2D eigenvalue weighted by Crippen LogP contribution is 2.21. The molecule has 3 rings (SSSR count). The van der Waals surface area contributed by atoms with Gasteiger partial charge in [0.05, 0.1) is 12.4 Å². The molecule has 0 aliphatic carbocycles. The second-order valence-electron chi connectivity index (χ2n) is 7.68. The summed E-state index contributed by atoms with van der Waals surface area (Å²) in [6.45, 7) is 5.93. The van der Waals surface area contributed by atoms with Gasteiger partial charge in [-0.15, -0.1) is 0 Å². The van der Waals surface area contributed by atoms with E-state index in [2.05, 4.69) is 31.7 Å². The van der Waals surface area contributed by atoms with Crippen molar-refractivity contribution in [1.29, 1.82) is 0 Å². The number of rotatable bonds is 6. The Labute approximate surface area is 210 Å². The maximum absolute atomic E-state index is 10.6. The van der Waals surface area contributed by atoms with Crippen LogP contribution in [0, 0.1) is 20.8 Å². The molecule has 3 aromatic rings. The smallest absolute Gasteiger partial charge is 0.191 e. The Morgan fingerprint density at radius 2 is 1.15 bits per heavy atom. The van der Waals surface area contributed by atoms with E-state index in [0.717, 1.165) is 28.1 Å². The van der Waals surface area contributed by atoms with Crippen LogP contribution < -0.4 is 21.5 Å². The van der Waals surface area contributed by atoms with Gasteiger partial charge in [0.25, 0.3) is 0 Å². The third-order valence-electron chi connectivity index (χ3n) is 4.60. The van der Waals surface area contributed by atoms with Gasteiger partial charge in [-0.1, -0.05) is 24.3 Å². The normalized spacial score (nSPS) is 10.9. The lowest BCUT2D eigenvalue weighted by Gasteiger charge is -2.09. The molecule has 0 atom stereocenters. The average Bonchev–Trinajstić information content (AvgIpc) is 2.76. The topological polar surface area (TPSA) is 93.1 Å². The van der Waals surface area contributed by atoms with E-state index in [9.17, 15) is 5.11 Å². The SMILES string of the molecule is Cc1cccc(NC(=S)N/N=C\c2cc(C)cc(/C=N/NC(=S)Nc3cccc(C)c3)c2O)c1. The Hall–Kier alpha value is -3.82. The summed E-state index contributed by atoms with van der Waals surface area (Å²) in [5.74, 6) is 0.0387. The number of hydrogen-bond acceptors (Lipinski definition) is 5. The van der Waals surface area contributed by atoms with Crippen LogP contribution in [0.15, 0.2) is 70.9 Å². The van der Waals surface area contributed by atoms with Crippen LogP contribution in [-0.4, -0.2) is 27.8 Å². The second kappa shape index (κ2) is 11.9. The van der Waals surface area contributed by atoms with Gasteiger partial charge in [-0.2, -0.15) is 10.2 Å². The highest BCUT2D eigenvalue weighted by molar-refractivity contribution is 7.80. The number of aromatic hydroxyl groups is 1. The van der Waals surface area contributed by atoms with Crippen molar-refractivity contribution in [3.8, 4) is 5.75 Å². The van der Waals surface area contributed by atoms with Gasteiger partial charge in [0.2, 0.25) is 0 Å². The van der Waals surface area contributed by atoms with Crippen LogP contribution in [0.5, 0.6) is 5.75 Å². The first-order valence-corrected chi connectivity index (χ1v) is 11.3. The van der Waals surface area contributed by atoms with Crippen LogP contribution in [0.1, 0.15) is 27.8 Å². The number of aryl methyl sites for hydroxylation is 3. The molecule has 7 nitrogen and oxygen atoms in total. The summed E-state index contributed by atoms with van der Waals surface area (Å²) < 4.78 is 0. The lowest BCUT2D eigenvalue weighted by molar-refractivity contribution is 0.473. The molecule has 0 amide bonds. The predicted molar refractivity (Wildman–Crippen MR) is 149 cm³/mol. The summed E-state index contributed by atoms with van der Waals surface area (Å²) in [5, 5.41) is 25.7. The number of hydrazone groups is 2. The van der Waals surface area contributed by atoms with Crippen molar-refractivity contribution in [2.24, 2.45) is 10.2 Å². The summed E-state index contributed by atoms with van der Waals surface area (Å²) in [4.78, 5) is 0. The third-order valence-corrected chi connectivity index (χ3v) is 4.99. The van der Waals surface area contributed by atoms with E-state index >= 15 is 0 Å². The molecule has 0 heterocycles. The van der Waals surface area contributed by atoms with E-state index in [1.54, 1.807) is 0 Å². The van der Waals surface area contributed by atoms with E-state index in [1.807, 2.05) is 81.4 Å². The van der Waals surface area contributed by atoms with Crippen molar-refractivity contribution in [1.82, 2.24) is 10.9 Å². The number of anilines is 2. The zero-order valence-electron chi connectivity index (χ0n) is 19.1. The molecule has 0 aliphatic heterocycles. The number of hydrogen-bond donors (Lipinski definition) is 5. The van der Waals surface area contributed by atoms with Gasteiger partial charge >= 0.3 is 0 Å². The maximum atomic E-state index is 10.6. The third kappa shape index (κ3) is 7.65. The zero-order chi connectivity index (χ0) is 24.5. The van der Waals surface area contributed by atoms with Crippen LogP contribution in [0.2, 0.25) is 0 Å². The molecule has 34 heavy (non-hydrogen) atoms. The first-order chi connectivity index (χ1) is 16.3. The first-order valence-electron chi connectivity index (χ1n) is 10.5. The minimum atomic E-state index is 0.0387. The molecule has 9 heteroatoms. The number of benzene rings is 3. The molecule has 0 fully saturated rings. The largest absolute Gasteiger partial charge is 0.507 e. The molecular weight excluding hydrogens is 464 g/mol. The average molecular weight is 491 g/mol. The van der Waals surface area contributed by atoms with Crippen LogP contribution in [0.25, 0.3) is 0 Å². The standard InChI is InChI=1S/C25H26N6OS2/c1-16-6-4-8-21(12-16)28-24(33)30-26-14-19-10-18(3)11-20(23(19)32)15-27-31-25(34)29-22-9-5-7-17(2)13-22/h4-15,32H,1-3H3,(H2,28,30,33)(H2,29,31,34)/b26-14-,27-15+. The molecule has 0 bridgehead atoms. The number of phenolic OH excluding ortho intramolecular Hbond substituents is 1. The number of phenols is 1. The van der Waals surface area contributed by atoms with Crippen molar-refractivity contribution in [2.75, 3.05) is 10.6 Å². The maximum Gasteiger partial charge on any atom is 0.191 e. The van der Waals surface area contributed by atoms with Crippen molar-refractivity contribution in [3.05, 3.63) is 88.5 Å². The first kappa shape index (κ1) is 24.8. The highest BCUT2D eigenvalue weighted by atomic mass is 32.1. The van der Waals surface area contributed by atoms with Gasteiger partial charge < -0.3 is 15.7 Å². The quantitative estimate of drug-likeness (QED) is 0.189. The van der Waals surface area contributed by atoms with Gasteiger partial charge in [-0.3, -0.25) is 10.9 Å². The fourth-order valence-corrected chi connectivity index (χ4v) is 3.46. The van der Waals surface area contributed by atoms with Gasteiger partial charge in [0.15, 0.2) is 10.2 Å². The zero-order valence-corrected chi connectivity index (χ0v) is 20.7. The molecule has 0 aliphatic rings. The van der Waals surface area contributed by atoms with Crippen molar-refractivity contribution in [3.63, 3.8) is 0 Å². The Kier molecular flexibility index (Phi) is 8.66. The fourth-order valence-electron chi connectivity index (χ4n) is 3.12. The predicted octanol–water partition coefficient (Wildman–Crippen LogP) is 4.96. The van der Waals surface area contributed by atoms with Crippen LogP contribution >= 0.6 is 24.4 Å². The molecule has 0 saturated heterocycles. The number of thiocarbonyl (C=S) groups is 2. The van der Waals surface area contributed by atoms with E-state index < -0.39 is 0 Å². The number of nitrogens with one attached hydrogen (secondary N) is 4. The molecule has 174 valence electrons. The molecule has 3 aromatic carbocycles. The summed E-state index contributed by atoms with van der Waals surface area (Å²) >= 11 is 10.5. The van der Waals surface area contributed by atoms with Gasteiger partial charge in [0, 0.05) is 22.5 Å². The lowest BCUT2D eigenvalue weighted by Crippen LogP contribution is -2.24. The molecule has 5 N–H and O–H groups in total. The van der Waals surface area contributed by atoms with Crippen molar-refractivity contribution < 1.29 is 5.11 Å². The lowest BCUT2D eigenvalue weighted by atomic mass is 10.1. The van der Waals surface area contributed by atoms with Crippen LogP contribution in [0.4, 0.5) is 11.4 Å². The summed E-state index contributed by atoms with van der Waals surface area (Å²) in [6.07, 6.45) is 3.00. The molecule has 0 spiro atoms. The van der Waals surface area contributed by atoms with E-state index in [-0.39, 0.29) is 5.75 Å². The number of nitrogens with zero attached hydrogens (tertiary/aromatic N) is 2. The fraction of sp³-hybridized carbons (Fsp3) is 0.120. The van der Waals surface area contributed by atoms with E-state index in [0.29, 0.717) is 21.4 Å². The van der Waals surface area contributed by atoms with E-state index in [1.165, 1.54) is 12.4 Å². The molecule has 0 saturated carbocycles. The molecular formula is C25H26N6OS2. The van der Waals surface area contributed by atoms with Gasteiger partial charge in [-0.05, 0) is 98.3 Å². The van der Waals surface area contributed by atoms with Crippen LogP contribution in [0.3, 0.4) is 0 Å². The molecule has 0 aromatic heterocycles. The van der Waals surface area contributed by atoms with Gasteiger partial charge in [-0.25, -0.2) is 0 Å². The Morgan fingerprint density at radius 3 is 1.56 bits per heavy atom. The second-order valence-corrected chi connectivity index (χ2v) is 8.50. The summed E-state index contributed by atoms with van der Waals surface area (Å²) in [7, 11) is 0. The Morgan fingerprint density at radius 1 is 0.706 bits per heavy atom. The summed E-state index contributed by atoms with van der Waals surface area (Å²) in [5.41, 5.74) is 11.5. The Bertz CT molecular complexity index is 1160. The van der Waals surface area contributed by atoms with E-state index in [4.69, 9.17) is 24.4 Å². The van der Waals surface area contributed by atoms with Crippen molar-refractivity contribution >= 4 is 58.5 Å². The minimum absolute atomic E-state index is 0.0387. The van der Waals surface area contributed by atoms with Crippen LogP contribution in [-0.2, 0) is 0 Å². The molecule has 0 radical (unpaired) electrons. The monoisotopic (exact) mass is 490 g/mol. The highest BCUT2D eigenvalue weighted by Gasteiger charge is 2.06. The molecule has 0 unspecified atom stereocenters. The van der Waals surface area contributed by atoms with Crippen molar-refractivity contribution in [2.45, 2.75) is 20.8 Å².